The fourth-order valence-electron chi connectivity index (χ4n) is 4.75. The third-order valence-electron chi connectivity index (χ3n) is 7.00. The number of aryl methyl sites for hydroxylation is 1. The molecule has 1 aliphatic carbocycles. The van der Waals surface area contributed by atoms with Crippen LogP contribution in [0.4, 0.5) is 0 Å². The number of hydrogen-bond donors (Lipinski definition) is 1. The zero-order chi connectivity index (χ0) is 26.1. The molecule has 1 saturated carbocycles. The Kier molecular flexibility index (Phi) is 10.1. The first-order valence-corrected chi connectivity index (χ1v) is 14.3. The van der Waals surface area contributed by atoms with Gasteiger partial charge in [-0.2, -0.15) is 0 Å². The van der Waals surface area contributed by atoms with Crippen molar-refractivity contribution in [3.63, 3.8) is 0 Å². The Balaban J connectivity index is 1.70. The topological polar surface area (TPSA) is 86.8 Å². The van der Waals surface area contributed by atoms with E-state index < -0.39 is 16.1 Å². The fraction of sp³-hybridized carbons (Fsp3) is 0.500. The van der Waals surface area contributed by atoms with Gasteiger partial charge < -0.3 is 10.2 Å². The highest BCUT2D eigenvalue weighted by molar-refractivity contribution is 7.89. The van der Waals surface area contributed by atoms with Crippen LogP contribution in [0, 0.1) is 6.92 Å². The molecule has 7 nitrogen and oxygen atoms in total. The molecule has 0 radical (unpaired) electrons. The van der Waals surface area contributed by atoms with Crippen molar-refractivity contribution in [2.75, 3.05) is 13.6 Å². The number of rotatable bonds is 12. The van der Waals surface area contributed by atoms with Gasteiger partial charge in [-0.15, -0.1) is 0 Å². The summed E-state index contributed by atoms with van der Waals surface area (Å²) in [5.74, 6) is -0.243. The zero-order valence-electron chi connectivity index (χ0n) is 21.7. The first-order chi connectivity index (χ1) is 17.2. The van der Waals surface area contributed by atoms with Gasteiger partial charge in [0.1, 0.15) is 6.04 Å². The Hall–Kier alpha value is -2.71. The molecule has 0 saturated heterocycles. The number of hydrogen-bond acceptors (Lipinski definition) is 4. The minimum Gasteiger partial charge on any atom is -0.352 e. The maximum Gasteiger partial charge on any atom is 0.243 e. The average Bonchev–Trinajstić information content (AvgIpc) is 3.38. The van der Waals surface area contributed by atoms with Gasteiger partial charge in [-0.05, 0) is 55.9 Å². The molecular formula is C28H39N3O4S. The molecule has 2 amide bonds. The Morgan fingerprint density at radius 2 is 1.67 bits per heavy atom. The van der Waals surface area contributed by atoms with Crippen LogP contribution in [0.15, 0.2) is 59.5 Å². The maximum atomic E-state index is 13.5. The number of nitrogens with zero attached hydrogens (tertiary/aromatic N) is 2. The number of amides is 2. The summed E-state index contributed by atoms with van der Waals surface area (Å²) in [4.78, 5) is 28.6. The smallest absolute Gasteiger partial charge is 0.243 e. The van der Waals surface area contributed by atoms with Crippen molar-refractivity contribution < 1.29 is 18.0 Å². The number of benzene rings is 2. The van der Waals surface area contributed by atoms with Crippen LogP contribution in [0.1, 0.15) is 63.0 Å². The highest BCUT2D eigenvalue weighted by Crippen LogP contribution is 2.21. The largest absolute Gasteiger partial charge is 0.352 e. The minimum absolute atomic E-state index is 0.102. The van der Waals surface area contributed by atoms with Crippen molar-refractivity contribution in [2.45, 2.75) is 82.3 Å². The van der Waals surface area contributed by atoms with Gasteiger partial charge in [-0.25, -0.2) is 12.7 Å². The van der Waals surface area contributed by atoms with E-state index in [0.29, 0.717) is 19.4 Å². The predicted octanol–water partition coefficient (Wildman–Crippen LogP) is 4.26. The Labute approximate surface area is 215 Å². The lowest BCUT2D eigenvalue weighted by molar-refractivity contribution is -0.141. The summed E-state index contributed by atoms with van der Waals surface area (Å²) in [6.45, 7) is 4.49. The van der Waals surface area contributed by atoms with Gasteiger partial charge in [0.05, 0.1) is 4.90 Å². The van der Waals surface area contributed by atoms with Gasteiger partial charge in [0.2, 0.25) is 21.8 Å². The third kappa shape index (κ3) is 7.17. The Morgan fingerprint density at radius 3 is 2.31 bits per heavy atom. The third-order valence-corrected chi connectivity index (χ3v) is 8.88. The van der Waals surface area contributed by atoms with E-state index in [-0.39, 0.29) is 35.7 Å². The van der Waals surface area contributed by atoms with Gasteiger partial charge in [-0.1, -0.05) is 62.2 Å². The molecule has 0 aliphatic heterocycles. The molecule has 0 bridgehead atoms. The molecule has 0 spiro atoms. The highest BCUT2D eigenvalue weighted by Gasteiger charge is 2.31. The summed E-state index contributed by atoms with van der Waals surface area (Å²) in [6, 6.07) is 15.8. The van der Waals surface area contributed by atoms with E-state index in [1.807, 2.05) is 38.1 Å². The summed E-state index contributed by atoms with van der Waals surface area (Å²) in [5, 5.41) is 3.16. The van der Waals surface area contributed by atoms with Crippen LogP contribution in [0.2, 0.25) is 0 Å². The van der Waals surface area contributed by atoms with Crippen LogP contribution in [0.25, 0.3) is 0 Å². The van der Waals surface area contributed by atoms with Crippen LogP contribution >= 0.6 is 0 Å². The first-order valence-electron chi connectivity index (χ1n) is 12.9. The van der Waals surface area contributed by atoms with E-state index >= 15 is 0 Å². The fourth-order valence-corrected chi connectivity index (χ4v) is 5.98. The lowest BCUT2D eigenvalue weighted by Crippen LogP contribution is -2.51. The quantitative estimate of drug-likeness (QED) is 0.459. The summed E-state index contributed by atoms with van der Waals surface area (Å²) in [5.41, 5.74) is 2.07. The van der Waals surface area contributed by atoms with E-state index in [9.17, 15) is 18.0 Å². The molecule has 1 aliphatic rings. The van der Waals surface area contributed by atoms with E-state index in [1.165, 1.54) is 11.4 Å². The molecule has 8 heteroatoms. The second kappa shape index (κ2) is 13.0. The normalized spacial score (nSPS) is 15.1. The van der Waals surface area contributed by atoms with Gasteiger partial charge in [0.25, 0.3) is 0 Å². The van der Waals surface area contributed by atoms with Crippen molar-refractivity contribution in [2.24, 2.45) is 0 Å². The number of carbonyl (C=O) groups excluding carboxylic acids is 2. The summed E-state index contributed by atoms with van der Waals surface area (Å²) in [6.07, 6.45) is 5.24. The molecule has 0 heterocycles. The van der Waals surface area contributed by atoms with Crippen molar-refractivity contribution >= 4 is 21.8 Å². The molecule has 36 heavy (non-hydrogen) atoms. The second-order valence-corrected chi connectivity index (χ2v) is 11.7. The van der Waals surface area contributed by atoms with Crippen LogP contribution in [-0.2, 0) is 26.2 Å². The standard InChI is InChI=1S/C28H39N3O4S/c1-4-26(28(33)29-24-15-10-11-16-24)31(21-23-14-9-8-13-22(23)2)27(32)19-12-20-30(3)36(34,35)25-17-6-5-7-18-25/h5-9,13-14,17-18,24,26H,4,10-12,15-16,19-21H2,1-3H3,(H,29,33). The molecular weight excluding hydrogens is 474 g/mol. The van der Waals surface area contributed by atoms with Crippen molar-refractivity contribution in [3.05, 3.63) is 65.7 Å². The van der Waals surface area contributed by atoms with Gasteiger partial charge in [0.15, 0.2) is 0 Å². The minimum atomic E-state index is -3.61. The molecule has 3 rings (SSSR count). The van der Waals surface area contributed by atoms with E-state index in [2.05, 4.69) is 5.32 Å². The maximum absolute atomic E-state index is 13.5. The lowest BCUT2D eigenvalue weighted by Gasteiger charge is -2.32. The second-order valence-electron chi connectivity index (χ2n) is 9.61. The van der Waals surface area contributed by atoms with Crippen molar-refractivity contribution in [3.8, 4) is 0 Å². The predicted molar refractivity (Wildman–Crippen MR) is 142 cm³/mol. The van der Waals surface area contributed by atoms with Gasteiger partial charge in [-0.3, -0.25) is 9.59 Å². The molecule has 1 unspecified atom stereocenters. The molecule has 196 valence electrons. The summed E-state index contributed by atoms with van der Waals surface area (Å²) >= 11 is 0. The monoisotopic (exact) mass is 513 g/mol. The van der Waals surface area contributed by atoms with E-state index in [4.69, 9.17) is 0 Å². The molecule has 0 aromatic heterocycles. The average molecular weight is 514 g/mol. The molecule has 2 aromatic rings. The molecule has 1 atom stereocenters. The van der Waals surface area contributed by atoms with Crippen LogP contribution < -0.4 is 5.32 Å². The number of sulfonamides is 1. The lowest BCUT2D eigenvalue weighted by atomic mass is 10.0. The first kappa shape index (κ1) is 27.9. The Morgan fingerprint density at radius 1 is 1.03 bits per heavy atom. The van der Waals surface area contributed by atoms with Gasteiger partial charge in [0, 0.05) is 32.6 Å². The van der Waals surface area contributed by atoms with Crippen LogP contribution in [-0.4, -0.2) is 55.1 Å². The molecule has 2 aromatic carbocycles. The van der Waals surface area contributed by atoms with Crippen molar-refractivity contribution in [1.82, 2.24) is 14.5 Å². The summed E-state index contributed by atoms with van der Waals surface area (Å²) < 4.78 is 26.9. The molecule has 1 N–H and O–H groups in total. The SMILES string of the molecule is CCC(C(=O)NC1CCCC1)N(Cc1ccccc1C)C(=O)CCCN(C)S(=O)(=O)c1ccccc1. The highest BCUT2D eigenvalue weighted by atomic mass is 32.2. The Bertz CT molecular complexity index is 1110. The van der Waals surface area contributed by atoms with Crippen molar-refractivity contribution in [1.29, 1.82) is 0 Å². The molecule has 1 fully saturated rings. The van der Waals surface area contributed by atoms with Crippen LogP contribution in [0.3, 0.4) is 0 Å². The summed E-state index contributed by atoms with van der Waals surface area (Å²) in [7, 11) is -2.09. The zero-order valence-corrected chi connectivity index (χ0v) is 22.5. The van der Waals surface area contributed by atoms with Crippen LogP contribution in [0.5, 0.6) is 0 Å². The van der Waals surface area contributed by atoms with Gasteiger partial charge >= 0.3 is 0 Å². The van der Waals surface area contributed by atoms with E-state index in [0.717, 1.165) is 36.8 Å². The number of nitrogens with one attached hydrogen (secondary N) is 1. The number of carbonyl (C=O) groups is 2. The van der Waals surface area contributed by atoms with E-state index in [1.54, 1.807) is 35.2 Å².